The fourth-order valence-electron chi connectivity index (χ4n) is 15.0. The summed E-state index contributed by atoms with van der Waals surface area (Å²) in [5.41, 5.74) is 18.2. The Labute approximate surface area is 801 Å². The van der Waals surface area contributed by atoms with Gasteiger partial charge in [-0.25, -0.2) is 0 Å². The molecule has 0 aliphatic heterocycles. The highest BCUT2D eigenvalue weighted by Gasteiger charge is 2.14. The molecular weight excluding hydrogens is 1750 g/mol. The minimum atomic E-state index is -0.611. The van der Waals surface area contributed by atoms with Gasteiger partial charge >= 0.3 is 0 Å². The third kappa shape index (κ3) is 26.5. The molecule has 16 aromatic carbocycles. The van der Waals surface area contributed by atoms with Gasteiger partial charge < -0.3 is 17.7 Å². The van der Waals surface area contributed by atoms with Crippen molar-refractivity contribution in [2.75, 3.05) is 0 Å². The van der Waals surface area contributed by atoms with Crippen LogP contribution in [-0.2, 0) is 0 Å². The zero-order valence-electron chi connectivity index (χ0n) is 81.6. The van der Waals surface area contributed by atoms with Crippen LogP contribution in [0.4, 0.5) is 0 Å². The molecule has 12 heteroatoms. The van der Waals surface area contributed by atoms with Crippen molar-refractivity contribution in [2.45, 2.75) is 160 Å². The summed E-state index contributed by atoms with van der Waals surface area (Å²) in [6.45, 7) is 54.2. The van der Waals surface area contributed by atoms with E-state index in [1.807, 2.05) is 136 Å². The molecule has 132 heavy (non-hydrogen) atoms. The Bertz CT molecular complexity index is 7440. The van der Waals surface area contributed by atoms with Crippen LogP contribution in [0.15, 0.2) is 357 Å². The molecule has 0 saturated heterocycles. The summed E-state index contributed by atoms with van der Waals surface area (Å²) in [6.07, 6.45) is 0. The van der Waals surface area contributed by atoms with Crippen LogP contribution in [0.5, 0.6) is 0 Å². The van der Waals surface area contributed by atoms with Crippen molar-refractivity contribution in [1.82, 2.24) is 0 Å². The summed E-state index contributed by atoms with van der Waals surface area (Å²) >= 11 is 7.51. The number of rotatable bonds is 0. The van der Waals surface area contributed by atoms with Crippen LogP contribution >= 0.6 is 45.3 Å². The molecule has 0 bridgehead atoms. The number of benzene rings is 16. The molecule has 0 radical (unpaired) electrons. The van der Waals surface area contributed by atoms with Crippen molar-refractivity contribution in [3.8, 4) is 0 Å². The predicted molar refractivity (Wildman–Crippen MR) is 607 cm³/mol. The third-order valence-corrected chi connectivity index (χ3v) is 25.3. The fourth-order valence-corrected chi connectivity index (χ4v) is 19.7. The number of para-hydroxylation sites is 5. The van der Waals surface area contributed by atoms with Crippen molar-refractivity contribution >= 4 is 246 Å². The Morgan fingerprint density at radius 1 is 0.167 bits per heavy atom. The molecule has 0 saturated carbocycles. The van der Waals surface area contributed by atoms with Gasteiger partial charge in [-0.1, -0.05) is 359 Å². The van der Waals surface area contributed by atoms with Gasteiger partial charge in [0.05, 0.1) is 0 Å². The topological polar surface area (TPSA) is 52.6 Å². The Morgan fingerprint density at radius 3 is 1.03 bits per heavy atom. The molecule has 0 unspecified atom stereocenters. The van der Waals surface area contributed by atoms with Crippen LogP contribution in [0.2, 0.25) is 105 Å². The monoisotopic (exact) mass is 1870 g/mol. The van der Waals surface area contributed by atoms with Gasteiger partial charge in [-0.2, -0.15) is 0 Å². The summed E-state index contributed by atoms with van der Waals surface area (Å²) in [5.74, 6) is 0. The van der Waals surface area contributed by atoms with E-state index < -0.39 is 32.3 Å². The Balaban J connectivity index is 0.000000125. The van der Waals surface area contributed by atoms with Gasteiger partial charge in [0, 0.05) is 156 Å². The maximum Gasteiger partial charge on any atom is 0.138 e. The quantitative estimate of drug-likeness (QED) is 0.142. The van der Waals surface area contributed by atoms with E-state index >= 15 is 0 Å². The van der Waals surface area contributed by atoms with Gasteiger partial charge in [-0.05, 0) is 186 Å². The van der Waals surface area contributed by atoms with E-state index in [-0.39, 0.29) is 0 Å². The number of furan rings is 4. The van der Waals surface area contributed by atoms with Crippen LogP contribution < -0.4 is 0 Å². The second-order valence-corrected chi connectivity index (χ2v) is 68.9. The highest BCUT2D eigenvalue weighted by atomic mass is 32.1. The van der Waals surface area contributed by atoms with E-state index in [1.165, 1.54) is 168 Å². The molecule has 8 aromatic heterocycles. The Kier molecular flexibility index (Phi) is 32.2. The normalized spacial score (nSPS) is 11.3. The summed E-state index contributed by atoms with van der Waals surface area (Å²) in [6, 6.07) is 118. The second-order valence-electron chi connectivity index (χ2n) is 40.6. The maximum absolute atomic E-state index is 5.78. The van der Waals surface area contributed by atoms with Crippen LogP contribution in [0, 0.1) is 55.4 Å². The van der Waals surface area contributed by atoms with Gasteiger partial charge in [0.1, 0.15) is 44.7 Å². The number of hydrogen-bond acceptors (Lipinski definition) is 8. The van der Waals surface area contributed by atoms with Crippen LogP contribution in [0.1, 0.15) is 44.5 Å². The average Bonchev–Trinajstić information content (AvgIpc) is 1.85. The first-order valence-corrected chi connectivity index (χ1v) is 65.1. The van der Waals surface area contributed by atoms with E-state index in [1.54, 1.807) is 0 Å². The fraction of sp³-hybridized carbons (Fsp3) is 0.200. The highest BCUT2D eigenvalue weighted by Crippen LogP contribution is 2.41. The third-order valence-electron chi connectivity index (χ3n) is 20.6. The van der Waals surface area contributed by atoms with Gasteiger partial charge in [0.25, 0.3) is 0 Å². The largest absolute Gasteiger partial charge is 0.456 e. The standard InChI is InChI=1S/4C13H10O.4C13H10S.4C4H12Si/c1-9-5-4-7-11-10-6-2-3-8-12(10)14-13(9)11;1-9-5-4-8-12-13(9)10-6-2-3-7-11(10)14-12;1-9-6-7-13-11(8-9)10-4-2-3-5-12(10)14-13;1-9-6-7-11-10-4-2-3-5-12(10)14-13(11)8-9;1-9-5-4-7-11-10-6-2-3-8-12(10)14-13(9)11;1-9-5-4-8-12-13(9)10-6-2-3-7-11(10)14-12;1-9-6-7-13-11(8-9)10-4-2-3-5-12(10)14-13;1-9-6-7-11-10-4-2-3-5-12(10)14-13(11)8-9;4*1-5(2,3)4/h8*2-8H,1H3;4*1-4H3. The molecule has 0 aliphatic rings. The average molecular weight is 1870 g/mol. The zero-order chi connectivity index (χ0) is 94.3. The molecule has 0 N–H and O–H groups in total. The van der Waals surface area contributed by atoms with Gasteiger partial charge in [0.2, 0.25) is 0 Å². The van der Waals surface area contributed by atoms with E-state index in [0.29, 0.717) is 0 Å². The van der Waals surface area contributed by atoms with Crippen molar-refractivity contribution in [3.05, 3.63) is 384 Å². The first kappa shape index (κ1) is 98.0. The minimum absolute atomic E-state index is 0.611. The molecule has 0 spiro atoms. The Hall–Kier alpha value is -11.5. The molecule has 4 nitrogen and oxygen atoms in total. The Morgan fingerprint density at radius 2 is 0.462 bits per heavy atom. The summed E-state index contributed by atoms with van der Waals surface area (Å²) in [4.78, 5) is 0. The second kappa shape index (κ2) is 43.4. The van der Waals surface area contributed by atoms with Gasteiger partial charge in [0.15, 0.2) is 0 Å². The maximum atomic E-state index is 5.78. The lowest BCUT2D eigenvalue weighted by molar-refractivity contribution is 0.665. The van der Waals surface area contributed by atoms with E-state index in [4.69, 9.17) is 17.7 Å². The van der Waals surface area contributed by atoms with Crippen molar-refractivity contribution in [3.63, 3.8) is 0 Å². The molecular formula is C120H128O4S4Si4. The van der Waals surface area contributed by atoms with Crippen molar-refractivity contribution < 1.29 is 17.7 Å². The van der Waals surface area contributed by atoms with Crippen molar-refractivity contribution in [2.24, 2.45) is 0 Å². The minimum Gasteiger partial charge on any atom is -0.456 e. The number of fused-ring (bicyclic) bond motifs is 24. The summed E-state index contributed by atoms with van der Waals surface area (Å²) in [5, 5.41) is 20.8. The molecule has 0 amide bonds. The first-order chi connectivity index (χ1) is 62.8. The van der Waals surface area contributed by atoms with Gasteiger partial charge in [-0.3, -0.25) is 0 Å². The molecule has 8 heterocycles. The van der Waals surface area contributed by atoms with Crippen molar-refractivity contribution in [1.29, 1.82) is 0 Å². The highest BCUT2D eigenvalue weighted by molar-refractivity contribution is 7.27. The number of thiophene rings is 4. The summed E-state index contributed by atoms with van der Waals surface area (Å²) in [7, 11) is -2.44. The lowest BCUT2D eigenvalue weighted by Gasteiger charge is -2.01. The first-order valence-electron chi connectivity index (χ1n) is 45.8. The molecule has 24 rings (SSSR count). The molecule has 0 fully saturated rings. The van der Waals surface area contributed by atoms with Crippen LogP contribution in [0.25, 0.3) is 168 Å². The zero-order valence-corrected chi connectivity index (χ0v) is 88.9. The smallest absolute Gasteiger partial charge is 0.138 e. The van der Waals surface area contributed by atoms with E-state index in [0.717, 1.165) is 44.7 Å². The number of aryl methyl sites for hydroxylation is 8. The number of hydrogen-bond donors (Lipinski definition) is 0. The molecule has 672 valence electrons. The van der Waals surface area contributed by atoms with Crippen LogP contribution in [0.3, 0.4) is 0 Å². The van der Waals surface area contributed by atoms with Crippen LogP contribution in [-0.4, -0.2) is 32.3 Å². The summed E-state index contributed by atoms with van der Waals surface area (Å²) < 4.78 is 34.1. The molecule has 0 atom stereocenters. The lowest BCUT2D eigenvalue weighted by atomic mass is 10.1. The van der Waals surface area contributed by atoms with Gasteiger partial charge in [-0.15, -0.1) is 45.3 Å². The van der Waals surface area contributed by atoms with E-state index in [9.17, 15) is 0 Å². The predicted octanol–water partition coefficient (Wildman–Crippen LogP) is 40.8. The lowest BCUT2D eigenvalue weighted by Crippen LogP contribution is -2.10. The molecule has 24 aromatic rings. The molecule has 0 aliphatic carbocycles. The SMILES string of the molecule is C[Si](C)(C)C.C[Si](C)(C)C.C[Si](C)(C)C.C[Si](C)(C)C.Cc1ccc2c(c1)oc1ccccc12.Cc1ccc2c(c1)sc1ccccc12.Cc1ccc2oc3ccccc3c2c1.Cc1ccc2sc3ccccc3c2c1.Cc1cccc2c1oc1ccccc12.Cc1cccc2c1sc1ccccc12.Cc1cccc2oc3ccccc3c12.Cc1cccc2sc3ccccc3c12. The van der Waals surface area contributed by atoms with E-state index in [2.05, 4.69) is 409 Å².